The monoisotopic (exact) mass is 293 g/mol. The molecule has 0 bridgehead atoms. The van der Waals surface area contributed by atoms with Crippen LogP contribution in [-0.2, 0) is 11.3 Å². The van der Waals surface area contributed by atoms with Crippen LogP contribution in [0.25, 0.3) is 0 Å². The standard InChI is InChI=1S/C13H17NO3.C4H10/c15-12-6-8-14(9-7-12)13(16)17-10-11-4-2-1-3-5-11;1-4(2)3/h1-5,12,15H,6-10H2;4H,1-3H3. The van der Waals surface area contributed by atoms with Gasteiger partial charge in [-0.15, -0.1) is 0 Å². The van der Waals surface area contributed by atoms with Gasteiger partial charge in [-0.3, -0.25) is 0 Å². The van der Waals surface area contributed by atoms with Crippen LogP contribution in [0.15, 0.2) is 30.3 Å². The lowest BCUT2D eigenvalue weighted by atomic mass is 10.1. The Morgan fingerprint density at radius 2 is 1.76 bits per heavy atom. The summed E-state index contributed by atoms with van der Waals surface area (Å²) in [5.74, 6) is 0.833. The number of hydrogen-bond acceptors (Lipinski definition) is 3. The Balaban J connectivity index is 0.000000491. The second kappa shape index (κ2) is 9.40. The van der Waals surface area contributed by atoms with Gasteiger partial charge in [0.05, 0.1) is 6.10 Å². The van der Waals surface area contributed by atoms with Gasteiger partial charge in [-0.1, -0.05) is 51.1 Å². The molecule has 21 heavy (non-hydrogen) atoms. The molecule has 1 fully saturated rings. The molecule has 0 unspecified atom stereocenters. The first kappa shape index (κ1) is 17.5. The van der Waals surface area contributed by atoms with Crippen LogP contribution in [0.5, 0.6) is 0 Å². The third-order valence-corrected chi connectivity index (χ3v) is 2.93. The third-order valence-electron chi connectivity index (χ3n) is 2.93. The number of nitrogens with zero attached hydrogens (tertiary/aromatic N) is 1. The summed E-state index contributed by atoms with van der Waals surface area (Å²) < 4.78 is 5.21. The van der Waals surface area contributed by atoms with Crippen molar-refractivity contribution >= 4 is 6.09 Å². The number of rotatable bonds is 2. The van der Waals surface area contributed by atoms with E-state index in [-0.39, 0.29) is 12.2 Å². The largest absolute Gasteiger partial charge is 0.445 e. The minimum atomic E-state index is -0.291. The van der Waals surface area contributed by atoms with Crippen molar-refractivity contribution in [2.45, 2.75) is 46.3 Å². The minimum absolute atomic E-state index is 0.270. The summed E-state index contributed by atoms with van der Waals surface area (Å²) in [6.07, 6.45) is 0.717. The Kier molecular flexibility index (Phi) is 7.83. The molecule has 0 aliphatic carbocycles. The van der Waals surface area contributed by atoms with Crippen molar-refractivity contribution in [3.05, 3.63) is 35.9 Å². The van der Waals surface area contributed by atoms with Crippen molar-refractivity contribution in [1.29, 1.82) is 0 Å². The molecular weight excluding hydrogens is 266 g/mol. The van der Waals surface area contributed by atoms with E-state index >= 15 is 0 Å². The summed E-state index contributed by atoms with van der Waals surface area (Å²) in [5.41, 5.74) is 0.984. The number of amides is 1. The maximum Gasteiger partial charge on any atom is 0.410 e. The van der Waals surface area contributed by atoms with Crippen LogP contribution in [-0.4, -0.2) is 35.3 Å². The molecule has 4 nitrogen and oxygen atoms in total. The first-order valence-electron chi connectivity index (χ1n) is 7.62. The Bertz CT molecular complexity index is 395. The quantitative estimate of drug-likeness (QED) is 0.908. The molecule has 118 valence electrons. The predicted octanol–water partition coefficient (Wildman–Crippen LogP) is 3.44. The fraction of sp³-hybridized carbons (Fsp3) is 0.588. The number of piperidine rings is 1. The lowest BCUT2D eigenvalue weighted by Crippen LogP contribution is -2.40. The lowest BCUT2D eigenvalue weighted by Gasteiger charge is -2.28. The average molecular weight is 293 g/mol. The van der Waals surface area contributed by atoms with Crippen LogP contribution in [0.4, 0.5) is 4.79 Å². The second-order valence-electron chi connectivity index (χ2n) is 5.99. The second-order valence-corrected chi connectivity index (χ2v) is 5.99. The van der Waals surface area contributed by atoms with Gasteiger partial charge in [0.15, 0.2) is 0 Å². The van der Waals surface area contributed by atoms with Gasteiger partial charge in [0.1, 0.15) is 6.61 Å². The zero-order valence-corrected chi connectivity index (χ0v) is 13.3. The zero-order valence-electron chi connectivity index (χ0n) is 13.3. The first-order valence-corrected chi connectivity index (χ1v) is 7.62. The summed E-state index contributed by atoms with van der Waals surface area (Å²) in [7, 11) is 0. The molecule has 0 saturated carbocycles. The van der Waals surface area contributed by atoms with Gasteiger partial charge in [-0.2, -0.15) is 0 Å². The number of carbonyl (C=O) groups is 1. The average Bonchev–Trinajstić information content (AvgIpc) is 2.46. The molecule has 1 saturated heterocycles. The number of aliphatic hydroxyl groups is 1. The normalized spacial score (nSPS) is 15.4. The van der Waals surface area contributed by atoms with Crippen LogP contribution in [0.2, 0.25) is 0 Å². The minimum Gasteiger partial charge on any atom is -0.445 e. The van der Waals surface area contributed by atoms with Crippen LogP contribution < -0.4 is 0 Å². The highest BCUT2D eigenvalue weighted by atomic mass is 16.6. The Morgan fingerprint density at radius 1 is 1.24 bits per heavy atom. The van der Waals surface area contributed by atoms with Gasteiger partial charge >= 0.3 is 6.09 Å². The van der Waals surface area contributed by atoms with Crippen LogP contribution in [0.1, 0.15) is 39.2 Å². The number of hydrogen-bond donors (Lipinski definition) is 1. The van der Waals surface area contributed by atoms with Gasteiger partial charge in [0.25, 0.3) is 0 Å². The van der Waals surface area contributed by atoms with Crippen molar-refractivity contribution < 1.29 is 14.6 Å². The third kappa shape index (κ3) is 7.71. The van der Waals surface area contributed by atoms with Gasteiger partial charge in [-0.25, -0.2) is 4.79 Å². The highest BCUT2D eigenvalue weighted by molar-refractivity contribution is 5.67. The summed E-state index contributed by atoms with van der Waals surface area (Å²) in [4.78, 5) is 13.3. The number of aliphatic hydroxyl groups excluding tert-OH is 1. The van der Waals surface area contributed by atoms with Crippen LogP contribution >= 0.6 is 0 Å². The summed E-state index contributed by atoms with van der Waals surface area (Å²) in [6.45, 7) is 7.96. The molecule has 1 N–H and O–H groups in total. The smallest absolute Gasteiger partial charge is 0.410 e. The van der Waals surface area contributed by atoms with E-state index in [1.165, 1.54) is 0 Å². The summed E-state index contributed by atoms with van der Waals surface area (Å²) in [6, 6.07) is 9.61. The fourth-order valence-electron chi connectivity index (χ4n) is 1.86. The molecular formula is C17H27NO3. The fourth-order valence-corrected chi connectivity index (χ4v) is 1.86. The number of benzene rings is 1. The van der Waals surface area contributed by atoms with E-state index in [0.717, 1.165) is 11.5 Å². The summed E-state index contributed by atoms with van der Waals surface area (Å²) in [5, 5.41) is 9.34. The maximum absolute atomic E-state index is 11.7. The Labute approximate surface area is 127 Å². The van der Waals surface area contributed by atoms with Crippen molar-refractivity contribution in [3.8, 4) is 0 Å². The molecule has 0 atom stereocenters. The molecule has 1 aliphatic heterocycles. The number of carbonyl (C=O) groups excluding carboxylic acids is 1. The van der Waals surface area contributed by atoms with Crippen molar-refractivity contribution in [2.75, 3.05) is 13.1 Å². The molecule has 0 radical (unpaired) electrons. The molecule has 0 spiro atoms. The van der Waals surface area contributed by atoms with Gasteiger partial charge in [0.2, 0.25) is 0 Å². The highest BCUT2D eigenvalue weighted by Crippen LogP contribution is 2.11. The van der Waals surface area contributed by atoms with Gasteiger partial charge in [-0.05, 0) is 24.3 Å². The van der Waals surface area contributed by atoms with Gasteiger partial charge < -0.3 is 14.7 Å². The van der Waals surface area contributed by atoms with E-state index in [0.29, 0.717) is 32.5 Å². The van der Waals surface area contributed by atoms with Crippen LogP contribution in [0, 0.1) is 5.92 Å². The first-order chi connectivity index (χ1) is 9.99. The van der Waals surface area contributed by atoms with Gasteiger partial charge in [0, 0.05) is 13.1 Å². The summed E-state index contributed by atoms with van der Waals surface area (Å²) >= 11 is 0. The van der Waals surface area contributed by atoms with E-state index in [1.807, 2.05) is 30.3 Å². The number of likely N-dealkylation sites (tertiary alicyclic amines) is 1. The molecule has 4 heteroatoms. The number of ether oxygens (including phenoxy) is 1. The molecule has 2 rings (SSSR count). The van der Waals surface area contributed by atoms with E-state index < -0.39 is 0 Å². The van der Waals surface area contributed by atoms with E-state index in [2.05, 4.69) is 20.8 Å². The molecule has 1 aliphatic rings. The Hall–Kier alpha value is -1.55. The Morgan fingerprint density at radius 3 is 2.29 bits per heavy atom. The van der Waals surface area contributed by atoms with Crippen molar-refractivity contribution in [1.82, 2.24) is 4.90 Å². The topological polar surface area (TPSA) is 49.8 Å². The van der Waals surface area contributed by atoms with E-state index in [9.17, 15) is 9.90 Å². The molecule has 1 heterocycles. The maximum atomic E-state index is 11.7. The van der Waals surface area contributed by atoms with E-state index in [4.69, 9.17) is 4.74 Å². The van der Waals surface area contributed by atoms with Crippen molar-refractivity contribution in [3.63, 3.8) is 0 Å². The predicted molar refractivity (Wildman–Crippen MR) is 84.0 cm³/mol. The van der Waals surface area contributed by atoms with E-state index in [1.54, 1.807) is 4.90 Å². The van der Waals surface area contributed by atoms with Crippen molar-refractivity contribution in [2.24, 2.45) is 5.92 Å². The zero-order chi connectivity index (χ0) is 15.7. The SMILES string of the molecule is CC(C)C.O=C(OCc1ccccc1)N1CCC(O)CC1. The molecule has 1 amide bonds. The molecule has 1 aromatic carbocycles. The highest BCUT2D eigenvalue weighted by Gasteiger charge is 2.22. The molecule has 0 aromatic heterocycles. The lowest BCUT2D eigenvalue weighted by molar-refractivity contribution is 0.0560. The molecule has 1 aromatic rings. The van der Waals surface area contributed by atoms with Crippen LogP contribution in [0.3, 0.4) is 0 Å².